The van der Waals surface area contributed by atoms with Crippen LogP contribution in [-0.2, 0) is 9.53 Å². The van der Waals surface area contributed by atoms with Crippen molar-refractivity contribution in [1.82, 2.24) is 10.6 Å². The second-order valence-corrected chi connectivity index (χ2v) is 4.85. The van der Waals surface area contributed by atoms with Gasteiger partial charge in [0.25, 0.3) is 0 Å². The number of carbonyl (C=O) groups is 2. The molecule has 1 fully saturated rings. The molecule has 1 rings (SSSR count). The van der Waals surface area contributed by atoms with E-state index < -0.39 is 17.5 Å². The Morgan fingerprint density at radius 1 is 1.47 bits per heavy atom. The molecule has 0 radical (unpaired) electrons. The smallest absolute Gasteiger partial charge is 0.328 e. The number of hydrogen-bond donors (Lipinski definition) is 3. The molecule has 1 atom stereocenters. The number of hydrogen-bond acceptors (Lipinski definition) is 3. The molecule has 0 aliphatic carbocycles. The van der Waals surface area contributed by atoms with E-state index in [4.69, 9.17) is 9.84 Å². The third-order valence-electron chi connectivity index (χ3n) is 2.77. The summed E-state index contributed by atoms with van der Waals surface area (Å²) in [6, 6.07) is -0.456. The van der Waals surface area contributed by atoms with Crippen molar-refractivity contribution >= 4 is 12.0 Å². The van der Waals surface area contributed by atoms with Gasteiger partial charge in [0.1, 0.15) is 5.54 Å². The van der Waals surface area contributed by atoms with Crippen LogP contribution in [0.4, 0.5) is 4.79 Å². The van der Waals surface area contributed by atoms with Gasteiger partial charge < -0.3 is 20.5 Å². The van der Waals surface area contributed by atoms with Crippen LogP contribution in [0.25, 0.3) is 0 Å². The van der Waals surface area contributed by atoms with Gasteiger partial charge >= 0.3 is 12.0 Å². The monoisotopic (exact) mass is 244 g/mol. The van der Waals surface area contributed by atoms with Gasteiger partial charge in [0, 0.05) is 13.2 Å². The van der Waals surface area contributed by atoms with Gasteiger partial charge in [-0.1, -0.05) is 0 Å². The van der Waals surface area contributed by atoms with E-state index in [2.05, 4.69) is 10.6 Å². The lowest BCUT2D eigenvalue weighted by Crippen LogP contribution is -2.53. The van der Waals surface area contributed by atoms with Crippen LogP contribution in [0.5, 0.6) is 0 Å². The van der Waals surface area contributed by atoms with Crippen molar-refractivity contribution in [2.45, 2.75) is 32.2 Å². The van der Waals surface area contributed by atoms with Crippen molar-refractivity contribution in [1.29, 1.82) is 0 Å². The quantitative estimate of drug-likeness (QED) is 0.675. The van der Waals surface area contributed by atoms with Crippen molar-refractivity contribution in [3.63, 3.8) is 0 Å². The predicted octanol–water partition coefficient (Wildman–Crippen LogP) is 0.575. The molecule has 1 saturated heterocycles. The van der Waals surface area contributed by atoms with Gasteiger partial charge in [-0.2, -0.15) is 0 Å². The molecule has 98 valence electrons. The topological polar surface area (TPSA) is 87.7 Å². The summed E-state index contributed by atoms with van der Waals surface area (Å²) in [5, 5.41) is 13.9. The highest BCUT2D eigenvalue weighted by Crippen LogP contribution is 2.12. The maximum atomic E-state index is 11.5. The summed E-state index contributed by atoms with van der Waals surface area (Å²) >= 11 is 0. The zero-order valence-corrected chi connectivity index (χ0v) is 10.3. The Labute approximate surface area is 101 Å². The van der Waals surface area contributed by atoms with E-state index in [1.165, 1.54) is 13.8 Å². The van der Waals surface area contributed by atoms with Crippen LogP contribution >= 0.6 is 0 Å². The lowest BCUT2D eigenvalue weighted by Gasteiger charge is -2.24. The Balaban J connectivity index is 2.27. The average Bonchev–Trinajstić information content (AvgIpc) is 2.27. The fourth-order valence-corrected chi connectivity index (χ4v) is 1.59. The molecule has 2 amide bonds. The van der Waals surface area contributed by atoms with Gasteiger partial charge in [-0.3, -0.25) is 0 Å². The Hall–Kier alpha value is -1.30. The molecule has 1 aliphatic rings. The Kier molecular flexibility index (Phi) is 4.74. The van der Waals surface area contributed by atoms with E-state index in [1.54, 1.807) is 0 Å². The van der Waals surface area contributed by atoms with Crippen molar-refractivity contribution in [2.24, 2.45) is 5.92 Å². The van der Waals surface area contributed by atoms with E-state index in [1.807, 2.05) is 0 Å². The molecule has 0 aromatic heterocycles. The van der Waals surface area contributed by atoms with Crippen LogP contribution in [0.2, 0.25) is 0 Å². The molecule has 0 aromatic carbocycles. The number of rotatable bonds is 4. The molecule has 6 nitrogen and oxygen atoms in total. The summed E-state index contributed by atoms with van der Waals surface area (Å²) in [5.41, 5.74) is -1.26. The zero-order chi connectivity index (χ0) is 12.9. The molecule has 17 heavy (non-hydrogen) atoms. The summed E-state index contributed by atoms with van der Waals surface area (Å²) in [6.07, 6.45) is 2.04. The van der Waals surface area contributed by atoms with Crippen molar-refractivity contribution in [3.8, 4) is 0 Å². The molecule has 0 spiro atoms. The molecular formula is C11H20N2O4. The molecule has 6 heteroatoms. The minimum absolute atomic E-state index is 0.322. The zero-order valence-electron chi connectivity index (χ0n) is 10.3. The van der Waals surface area contributed by atoms with Gasteiger partial charge in [-0.25, -0.2) is 9.59 Å². The Morgan fingerprint density at radius 3 is 2.71 bits per heavy atom. The fraction of sp³-hybridized carbons (Fsp3) is 0.818. The number of amides is 2. The minimum atomic E-state index is -1.26. The second-order valence-electron chi connectivity index (χ2n) is 4.85. The number of nitrogens with one attached hydrogen (secondary N) is 2. The van der Waals surface area contributed by atoms with Crippen LogP contribution < -0.4 is 10.6 Å². The summed E-state index contributed by atoms with van der Waals surface area (Å²) in [5.74, 6) is -0.740. The summed E-state index contributed by atoms with van der Waals surface area (Å²) in [6.45, 7) is 4.84. The van der Waals surface area contributed by atoms with E-state index in [-0.39, 0.29) is 0 Å². The first-order chi connectivity index (χ1) is 7.92. The number of carboxylic acid groups (broad SMARTS) is 1. The van der Waals surface area contributed by atoms with Crippen molar-refractivity contribution in [2.75, 3.05) is 19.8 Å². The highest BCUT2D eigenvalue weighted by atomic mass is 16.5. The largest absolute Gasteiger partial charge is 0.480 e. The van der Waals surface area contributed by atoms with E-state index in [9.17, 15) is 9.59 Å². The van der Waals surface area contributed by atoms with Gasteiger partial charge in [0.2, 0.25) is 0 Å². The van der Waals surface area contributed by atoms with Gasteiger partial charge in [-0.05, 0) is 32.6 Å². The number of ether oxygens (including phenoxy) is 1. The van der Waals surface area contributed by atoms with E-state index in [0.29, 0.717) is 19.1 Å². The van der Waals surface area contributed by atoms with Crippen LogP contribution in [0.3, 0.4) is 0 Å². The fourth-order valence-electron chi connectivity index (χ4n) is 1.59. The maximum absolute atomic E-state index is 11.5. The number of carboxylic acids is 1. The van der Waals surface area contributed by atoms with Gasteiger partial charge in [-0.15, -0.1) is 0 Å². The van der Waals surface area contributed by atoms with Crippen molar-refractivity contribution < 1.29 is 19.4 Å². The number of aliphatic carboxylic acids is 1. The molecule has 0 aromatic rings. The average molecular weight is 244 g/mol. The SMILES string of the molecule is CC(C)(NC(=O)NCC1CCCOC1)C(=O)O. The number of carbonyl (C=O) groups excluding carboxylic acids is 1. The normalized spacial score (nSPS) is 20.7. The molecule has 1 aliphatic heterocycles. The van der Waals surface area contributed by atoms with Gasteiger partial charge in [0.15, 0.2) is 0 Å². The Bertz CT molecular complexity index is 285. The van der Waals surface area contributed by atoms with E-state index in [0.717, 1.165) is 19.4 Å². The third-order valence-corrected chi connectivity index (χ3v) is 2.77. The summed E-state index contributed by atoms with van der Waals surface area (Å²) in [4.78, 5) is 22.3. The lowest BCUT2D eigenvalue weighted by molar-refractivity contribution is -0.142. The van der Waals surface area contributed by atoms with Crippen molar-refractivity contribution in [3.05, 3.63) is 0 Å². The lowest BCUT2D eigenvalue weighted by atomic mass is 10.0. The van der Waals surface area contributed by atoms with Crippen LogP contribution in [0.15, 0.2) is 0 Å². The minimum Gasteiger partial charge on any atom is -0.480 e. The first kappa shape index (κ1) is 13.8. The first-order valence-corrected chi connectivity index (χ1v) is 5.79. The second kappa shape index (κ2) is 5.86. The highest BCUT2D eigenvalue weighted by Gasteiger charge is 2.29. The predicted molar refractivity (Wildman–Crippen MR) is 61.8 cm³/mol. The maximum Gasteiger partial charge on any atom is 0.328 e. The molecule has 0 saturated carbocycles. The standard InChI is InChI=1S/C11H20N2O4/c1-11(2,9(14)15)13-10(16)12-6-8-4-3-5-17-7-8/h8H,3-7H2,1-2H3,(H,14,15)(H2,12,13,16). The Morgan fingerprint density at radius 2 is 2.18 bits per heavy atom. The highest BCUT2D eigenvalue weighted by molar-refractivity contribution is 5.85. The molecule has 1 heterocycles. The van der Waals surface area contributed by atoms with E-state index >= 15 is 0 Å². The molecule has 3 N–H and O–H groups in total. The summed E-state index contributed by atoms with van der Waals surface area (Å²) in [7, 11) is 0. The number of urea groups is 1. The van der Waals surface area contributed by atoms with Crippen LogP contribution in [-0.4, -0.2) is 42.4 Å². The first-order valence-electron chi connectivity index (χ1n) is 5.79. The molecular weight excluding hydrogens is 224 g/mol. The molecule has 1 unspecified atom stereocenters. The molecule has 0 bridgehead atoms. The third kappa shape index (κ3) is 4.60. The van der Waals surface area contributed by atoms with Crippen LogP contribution in [0.1, 0.15) is 26.7 Å². The van der Waals surface area contributed by atoms with Gasteiger partial charge in [0.05, 0.1) is 6.61 Å². The summed E-state index contributed by atoms with van der Waals surface area (Å²) < 4.78 is 5.29. The van der Waals surface area contributed by atoms with Crippen LogP contribution in [0, 0.1) is 5.92 Å².